The Kier molecular flexibility index (Phi) is 6.52. The molecule has 0 saturated heterocycles. The minimum absolute atomic E-state index is 0.506. The number of nitrogens with zero attached hydrogens (tertiary/aromatic N) is 1. The first kappa shape index (κ1) is 16.3. The van der Waals surface area contributed by atoms with Gasteiger partial charge in [0.15, 0.2) is 0 Å². The molecule has 3 heteroatoms. The molecule has 1 aromatic carbocycles. The average Bonchev–Trinajstić information content (AvgIpc) is 2.93. The van der Waals surface area contributed by atoms with Crippen LogP contribution < -0.4 is 10.1 Å². The van der Waals surface area contributed by atoms with E-state index in [1.54, 1.807) is 0 Å². The lowest BCUT2D eigenvalue weighted by Gasteiger charge is -2.20. The van der Waals surface area contributed by atoms with Crippen molar-refractivity contribution < 1.29 is 4.74 Å². The topological polar surface area (TPSA) is 24.5 Å². The molecule has 0 spiro atoms. The summed E-state index contributed by atoms with van der Waals surface area (Å²) in [5.41, 5.74) is 1.36. The van der Waals surface area contributed by atoms with Crippen LogP contribution in [0.25, 0.3) is 0 Å². The van der Waals surface area contributed by atoms with Crippen LogP contribution in [0.2, 0.25) is 0 Å². The van der Waals surface area contributed by atoms with E-state index < -0.39 is 0 Å². The van der Waals surface area contributed by atoms with Gasteiger partial charge in [-0.2, -0.15) is 0 Å². The lowest BCUT2D eigenvalue weighted by molar-refractivity contribution is 0.288. The molecule has 1 aromatic rings. The van der Waals surface area contributed by atoms with Crippen molar-refractivity contribution in [2.24, 2.45) is 0 Å². The molecule has 1 N–H and O–H groups in total. The molecule has 2 atom stereocenters. The van der Waals surface area contributed by atoms with Gasteiger partial charge >= 0.3 is 0 Å². The SMILES string of the molecule is CCN(CC)CCCC(C)NCC1COc2ccccc21. The number of nitrogens with one attached hydrogen (secondary N) is 1. The fourth-order valence-electron chi connectivity index (χ4n) is 3.00. The second-order valence-electron chi connectivity index (χ2n) is 6.02. The Bertz CT molecular complexity index is 417. The number of benzene rings is 1. The van der Waals surface area contributed by atoms with Crippen LogP contribution in [0, 0.1) is 0 Å². The van der Waals surface area contributed by atoms with Gasteiger partial charge in [0.25, 0.3) is 0 Å². The van der Waals surface area contributed by atoms with Crippen molar-refractivity contribution in [2.75, 3.05) is 32.8 Å². The highest BCUT2D eigenvalue weighted by Crippen LogP contribution is 2.32. The van der Waals surface area contributed by atoms with Gasteiger partial charge in [-0.3, -0.25) is 0 Å². The van der Waals surface area contributed by atoms with Crippen molar-refractivity contribution in [1.82, 2.24) is 10.2 Å². The summed E-state index contributed by atoms with van der Waals surface area (Å²) in [5, 5.41) is 3.68. The van der Waals surface area contributed by atoms with Crippen LogP contribution in [-0.2, 0) is 0 Å². The zero-order valence-corrected chi connectivity index (χ0v) is 13.8. The first-order valence-corrected chi connectivity index (χ1v) is 8.42. The smallest absolute Gasteiger partial charge is 0.122 e. The predicted molar refractivity (Wildman–Crippen MR) is 89.2 cm³/mol. The molecular weight excluding hydrogens is 260 g/mol. The summed E-state index contributed by atoms with van der Waals surface area (Å²) in [6, 6.07) is 8.99. The minimum atomic E-state index is 0.506. The summed E-state index contributed by atoms with van der Waals surface area (Å²) >= 11 is 0. The maximum absolute atomic E-state index is 5.74. The first-order chi connectivity index (χ1) is 10.2. The Morgan fingerprint density at radius 3 is 2.81 bits per heavy atom. The van der Waals surface area contributed by atoms with Crippen molar-refractivity contribution in [3.05, 3.63) is 29.8 Å². The normalized spacial score (nSPS) is 18.6. The second kappa shape index (κ2) is 8.40. The lowest BCUT2D eigenvalue weighted by atomic mass is 10.0. The number of para-hydroxylation sites is 1. The molecule has 1 aliphatic rings. The number of fused-ring (bicyclic) bond motifs is 1. The first-order valence-electron chi connectivity index (χ1n) is 8.42. The fraction of sp³-hybridized carbons (Fsp3) is 0.667. The van der Waals surface area contributed by atoms with Crippen LogP contribution in [0.1, 0.15) is 45.1 Å². The number of ether oxygens (including phenoxy) is 1. The third-order valence-corrected chi connectivity index (χ3v) is 4.52. The van der Waals surface area contributed by atoms with Crippen LogP contribution in [0.4, 0.5) is 0 Å². The quantitative estimate of drug-likeness (QED) is 0.755. The largest absolute Gasteiger partial charge is 0.493 e. The maximum Gasteiger partial charge on any atom is 0.122 e. The van der Waals surface area contributed by atoms with Crippen molar-refractivity contribution in [2.45, 2.75) is 45.6 Å². The van der Waals surface area contributed by atoms with Gasteiger partial charge in [0.1, 0.15) is 5.75 Å². The zero-order valence-electron chi connectivity index (χ0n) is 13.8. The van der Waals surface area contributed by atoms with Gasteiger partial charge in [-0.25, -0.2) is 0 Å². The average molecular weight is 290 g/mol. The van der Waals surface area contributed by atoms with E-state index in [1.165, 1.54) is 24.9 Å². The Hall–Kier alpha value is -1.06. The maximum atomic E-state index is 5.74. The number of hydrogen-bond donors (Lipinski definition) is 1. The van der Waals surface area contributed by atoms with E-state index in [2.05, 4.69) is 49.2 Å². The van der Waals surface area contributed by atoms with Gasteiger partial charge in [0.05, 0.1) is 6.61 Å². The molecule has 0 amide bonds. The van der Waals surface area contributed by atoms with Crippen molar-refractivity contribution >= 4 is 0 Å². The van der Waals surface area contributed by atoms with E-state index in [4.69, 9.17) is 4.74 Å². The van der Waals surface area contributed by atoms with Crippen LogP contribution in [0.3, 0.4) is 0 Å². The summed E-state index contributed by atoms with van der Waals surface area (Å²) in [4.78, 5) is 2.49. The number of rotatable bonds is 9. The standard InChI is InChI=1S/C18H30N2O/c1-4-20(5-2)12-8-9-15(3)19-13-16-14-21-18-11-7-6-10-17(16)18/h6-7,10-11,15-16,19H,4-5,8-9,12-14H2,1-3H3. The third kappa shape index (κ3) is 4.72. The Balaban J connectivity index is 1.67. The van der Waals surface area contributed by atoms with Gasteiger partial charge < -0.3 is 15.0 Å². The Morgan fingerprint density at radius 1 is 1.29 bits per heavy atom. The van der Waals surface area contributed by atoms with Gasteiger partial charge in [-0.15, -0.1) is 0 Å². The minimum Gasteiger partial charge on any atom is -0.493 e. The molecule has 3 nitrogen and oxygen atoms in total. The van der Waals surface area contributed by atoms with Crippen molar-refractivity contribution in [1.29, 1.82) is 0 Å². The van der Waals surface area contributed by atoms with Crippen LogP contribution in [-0.4, -0.2) is 43.7 Å². The molecule has 2 rings (SSSR count). The lowest BCUT2D eigenvalue weighted by Crippen LogP contribution is -2.32. The molecule has 0 bridgehead atoms. The summed E-state index contributed by atoms with van der Waals surface area (Å²) in [7, 11) is 0. The molecule has 0 saturated carbocycles. The summed E-state index contributed by atoms with van der Waals surface area (Å²) in [6.45, 7) is 12.1. The highest BCUT2D eigenvalue weighted by atomic mass is 16.5. The van der Waals surface area contributed by atoms with E-state index in [9.17, 15) is 0 Å². The molecule has 0 fully saturated rings. The molecule has 118 valence electrons. The molecule has 0 radical (unpaired) electrons. The van der Waals surface area contributed by atoms with Gasteiger partial charge in [-0.1, -0.05) is 32.0 Å². The van der Waals surface area contributed by atoms with Crippen LogP contribution in [0.15, 0.2) is 24.3 Å². The van der Waals surface area contributed by atoms with E-state index in [0.29, 0.717) is 12.0 Å². The molecule has 0 aromatic heterocycles. The van der Waals surface area contributed by atoms with Gasteiger partial charge in [-0.05, 0) is 45.5 Å². The molecule has 1 heterocycles. The summed E-state index contributed by atoms with van der Waals surface area (Å²) in [5.74, 6) is 1.57. The highest BCUT2D eigenvalue weighted by molar-refractivity contribution is 5.39. The second-order valence-corrected chi connectivity index (χ2v) is 6.02. The van der Waals surface area contributed by atoms with Gasteiger partial charge in [0, 0.05) is 24.1 Å². The molecule has 1 aliphatic heterocycles. The van der Waals surface area contributed by atoms with Crippen LogP contribution in [0.5, 0.6) is 5.75 Å². The Labute approximate surface area is 129 Å². The highest BCUT2D eigenvalue weighted by Gasteiger charge is 2.23. The molecule has 2 unspecified atom stereocenters. The fourth-order valence-corrected chi connectivity index (χ4v) is 3.00. The summed E-state index contributed by atoms with van der Waals surface area (Å²) < 4.78 is 5.74. The van der Waals surface area contributed by atoms with E-state index in [1.807, 2.05) is 6.07 Å². The summed E-state index contributed by atoms with van der Waals surface area (Å²) in [6.07, 6.45) is 2.51. The third-order valence-electron chi connectivity index (χ3n) is 4.52. The van der Waals surface area contributed by atoms with Crippen molar-refractivity contribution in [3.8, 4) is 5.75 Å². The monoisotopic (exact) mass is 290 g/mol. The van der Waals surface area contributed by atoms with E-state index >= 15 is 0 Å². The van der Waals surface area contributed by atoms with E-state index in [0.717, 1.165) is 32.0 Å². The molecule has 21 heavy (non-hydrogen) atoms. The Morgan fingerprint density at radius 2 is 2.05 bits per heavy atom. The van der Waals surface area contributed by atoms with E-state index in [-0.39, 0.29) is 0 Å². The predicted octanol–water partition coefficient (Wildman–Crippen LogP) is 3.26. The van der Waals surface area contributed by atoms with Crippen LogP contribution >= 0.6 is 0 Å². The van der Waals surface area contributed by atoms with Gasteiger partial charge in [0.2, 0.25) is 0 Å². The van der Waals surface area contributed by atoms with Crippen molar-refractivity contribution in [3.63, 3.8) is 0 Å². The molecule has 0 aliphatic carbocycles. The molecular formula is C18H30N2O. The number of hydrogen-bond acceptors (Lipinski definition) is 3. The zero-order chi connectivity index (χ0) is 15.1.